The third-order valence-electron chi connectivity index (χ3n) is 3.32. The number of rotatable bonds is 3. The van der Waals surface area contributed by atoms with E-state index in [0.29, 0.717) is 12.1 Å². The fourth-order valence-electron chi connectivity index (χ4n) is 2.23. The van der Waals surface area contributed by atoms with Gasteiger partial charge in [-0.15, -0.1) is 0 Å². The minimum absolute atomic E-state index is 0.229. The van der Waals surface area contributed by atoms with E-state index in [-0.39, 0.29) is 10.8 Å². The van der Waals surface area contributed by atoms with Crippen LogP contribution in [0.3, 0.4) is 0 Å². The molecule has 1 aromatic heterocycles. The second-order valence-corrected chi connectivity index (χ2v) is 7.29. The van der Waals surface area contributed by atoms with Gasteiger partial charge in [-0.2, -0.15) is 31.6 Å². The van der Waals surface area contributed by atoms with Crippen LogP contribution in [0.2, 0.25) is 10.0 Å². The average Bonchev–Trinajstić information content (AvgIpc) is 2.90. The van der Waals surface area contributed by atoms with Gasteiger partial charge in [0, 0.05) is 6.20 Å². The van der Waals surface area contributed by atoms with E-state index in [1.54, 1.807) is 0 Å². The van der Waals surface area contributed by atoms with Gasteiger partial charge in [-0.05, 0) is 12.1 Å². The molecule has 0 spiro atoms. The summed E-state index contributed by atoms with van der Waals surface area (Å²) in [4.78, 5) is -1.31. The fraction of sp³-hybridized carbons (Fsp3) is 0.214. The molecule has 1 unspecified atom stereocenters. The van der Waals surface area contributed by atoms with Gasteiger partial charge in [-0.3, -0.25) is 0 Å². The van der Waals surface area contributed by atoms with Crippen molar-refractivity contribution in [2.75, 3.05) is 0 Å². The fourth-order valence-corrected chi connectivity index (χ4v) is 3.69. The molecule has 0 fully saturated rings. The van der Waals surface area contributed by atoms with Crippen LogP contribution in [-0.2, 0) is 17.0 Å². The molecular formula is C14H4Cl2F8N2OS. The zero-order valence-corrected chi connectivity index (χ0v) is 15.1. The van der Waals surface area contributed by atoms with E-state index in [1.807, 2.05) is 0 Å². The van der Waals surface area contributed by atoms with Crippen LogP contribution < -0.4 is 0 Å². The lowest BCUT2D eigenvalue weighted by molar-refractivity contribution is -0.137. The van der Waals surface area contributed by atoms with Crippen molar-refractivity contribution in [3.8, 4) is 11.8 Å². The first-order valence-corrected chi connectivity index (χ1v) is 8.59. The highest BCUT2D eigenvalue weighted by Gasteiger charge is 2.42. The van der Waals surface area contributed by atoms with E-state index in [0.717, 1.165) is 6.07 Å². The number of hydrogen-bond acceptors (Lipinski definition) is 2. The van der Waals surface area contributed by atoms with Crippen LogP contribution in [0.5, 0.6) is 0 Å². The van der Waals surface area contributed by atoms with E-state index in [1.165, 1.54) is 0 Å². The molecule has 152 valence electrons. The highest BCUT2D eigenvalue weighted by molar-refractivity contribution is 7.86. The second kappa shape index (κ2) is 7.53. The molecule has 0 N–H and O–H groups in total. The molecule has 2 rings (SSSR count). The maximum atomic E-state index is 13.4. The molecule has 0 amide bonds. The molecule has 0 aliphatic rings. The first kappa shape index (κ1) is 22.4. The van der Waals surface area contributed by atoms with Crippen LogP contribution >= 0.6 is 23.2 Å². The Morgan fingerprint density at radius 1 is 1.07 bits per heavy atom. The summed E-state index contributed by atoms with van der Waals surface area (Å²) in [6, 6.07) is 1.75. The minimum Gasteiger partial charge on any atom is -0.310 e. The van der Waals surface area contributed by atoms with Crippen molar-refractivity contribution in [1.82, 2.24) is 4.57 Å². The largest absolute Gasteiger partial charge is 0.475 e. The Hall–Kier alpha value is -1.84. The molecule has 1 atom stereocenters. The van der Waals surface area contributed by atoms with Crippen LogP contribution in [0.1, 0.15) is 23.2 Å². The molecule has 1 heterocycles. The van der Waals surface area contributed by atoms with Crippen molar-refractivity contribution >= 4 is 34.0 Å². The van der Waals surface area contributed by atoms with Crippen LogP contribution in [-0.4, -0.2) is 14.3 Å². The number of nitrogens with zero attached hydrogens (tertiary/aromatic N) is 2. The Morgan fingerprint density at radius 2 is 1.57 bits per heavy atom. The molecule has 28 heavy (non-hydrogen) atoms. The molecule has 3 nitrogen and oxygen atoms in total. The van der Waals surface area contributed by atoms with E-state index in [9.17, 15) is 39.3 Å². The summed E-state index contributed by atoms with van der Waals surface area (Å²) in [5, 5.41) is 7.34. The standard InChI is InChI=1S/C14H4Cl2F8N2OS/c15-7-1-5(13(19,20)21)2-8(16)11(7)26-4-9(28(27)14(22,23)24)6(3-25)10(26)12(17)18/h1-2,4,12H. The Bertz CT molecular complexity index is 968. The Balaban J connectivity index is 2.86. The molecule has 2 aromatic rings. The van der Waals surface area contributed by atoms with Crippen molar-refractivity contribution in [1.29, 1.82) is 5.26 Å². The molecule has 14 heteroatoms. The van der Waals surface area contributed by atoms with E-state index >= 15 is 0 Å². The summed E-state index contributed by atoms with van der Waals surface area (Å²) in [6.07, 6.45) is -8.18. The first-order valence-electron chi connectivity index (χ1n) is 6.68. The van der Waals surface area contributed by atoms with Gasteiger partial charge in [-0.1, -0.05) is 23.2 Å². The van der Waals surface area contributed by atoms with Gasteiger partial charge in [0.05, 0.1) is 31.8 Å². The SMILES string of the molecule is N#Cc1c(S(=O)C(F)(F)F)cn(-c2c(Cl)cc(C(F)(F)F)cc2Cl)c1C(F)F. The van der Waals surface area contributed by atoms with Gasteiger partial charge in [0.15, 0.2) is 10.8 Å². The van der Waals surface area contributed by atoms with E-state index in [2.05, 4.69) is 0 Å². The van der Waals surface area contributed by atoms with Gasteiger partial charge in [0.25, 0.3) is 6.43 Å². The smallest absolute Gasteiger partial charge is 0.310 e. The van der Waals surface area contributed by atoms with Crippen LogP contribution in [0.15, 0.2) is 23.2 Å². The number of benzene rings is 1. The summed E-state index contributed by atoms with van der Waals surface area (Å²) in [7, 11) is -3.87. The summed E-state index contributed by atoms with van der Waals surface area (Å²) in [5.74, 6) is 0. The third kappa shape index (κ3) is 4.11. The summed E-state index contributed by atoms with van der Waals surface area (Å²) < 4.78 is 115. The second-order valence-electron chi connectivity index (χ2n) is 5.04. The zero-order chi connectivity index (χ0) is 21.6. The van der Waals surface area contributed by atoms with Crippen molar-refractivity contribution < 1.29 is 39.3 Å². The molecule has 0 aliphatic carbocycles. The lowest BCUT2D eigenvalue weighted by atomic mass is 10.2. The molecule has 0 saturated heterocycles. The van der Waals surface area contributed by atoms with Crippen molar-refractivity contribution in [3.63, 3.8) is 0 Å². The predicted molar refractivity (Wildman–Crippen MR) is 82.9 cm³/mol. The Labute approximate surface area is 163 Å². The normalized spacial score (nSPS) is 13.6. The Morgan fingerprint density at radius 3 is 1.93 bits per heavy atom. The van der Waals surface area contributed by atoms with Gasteiger partial charge < -0.3 is 4.57 Å². The molecule has 0 saturated carbocycles. The first-order chi connectivity index (χ1) is 12.7. The molecule has 0 bridgehead atoms. The molecular weight excluding hydrogens is 467 g/mol. The van der Waals surface area contributed by atoms with Crippen molar-refractivity contribution in [2.24, 2.45) is 0 Å². The number of nitriles is 1. The van der Waals surface area contributed by atoms with Crippen molar-refractivity contribution in [2.45, 2.75) is 23.0 Å². The number of aromatic nitrogens is 1. The van der Waals surface area contributed by atoms with Gasteiger partial charge in [-0.25, -0.2) is 13.0 Å². The van der Waals surface area contributed by atoms with Crippen LogP contribution in [0.4, 0.5) is 35.1 Å². The highest BCUT2D eigenvalue weighted by Crippen LogP contribution is 2.41. The van der Waals surface area contributed by atoms with E-state index < -0.39 is 66.4 Å². The minimum atomic E-state index is -5.38. The molecule has 0 aliphatic heterocycles. The monoisotopic (exact) mass is 470 g/mol. The number of halogens is 10. The quantitative estimate of drug-likeness (QED) is 0.498. The Kier molecular flexibility index (Phi) is 6.04. The third-order valence-corrected chi connectivity index (χ3v) is 5.03. The highest BCUT2D eigenvalue weighted by atomic mass is 35.5. The van der Waals surface area contributed by atoms with Crippen LogP contribution in [0, 0.1) is 11.3 Å². The van der Waals surface area contributed by atoms with Gasteiger partial charge in [0.1, 0.15) is 11.8 Å². The average molecular weight is 471 g/mol. The maximum Gasteiger partial charge on any atom is 0.475 e. The van der Waals surface area contributed by atoms with Crippen LogP contribution in [0.25, 0.3) is 5.69 Å². The molecule has 0 radical (unpaired) electrons. The number of alkyl halides is 8. The maximum absolute atomic E-state index is 13.4. The van der Waals surface area contributed by atoms with Gasteiger partial charge >= 0.3 is 11.7 Å². The lowest BCUT2D eigenvalue weighted by Gasteiger charge is -2.15. The lowest BCUT2D eigenvalue weighted by Crippen LogP contribution is -2.16. The summed E-state index contributed by atoms with van der Waals surface area (Å²) in [6.45, 7) is 0. The molecule has 1 aromatic carbocycles. The summed E-state index contributed by atoms with van der Waals surface area (Å²) >= 11 is 11.4. The van der Waals surface area contributed by atoms with Gasteiger partial charge in [0.2, 0.25) is 0 Å². The van der Waals surface area contributed by atoms with E-state index in [4.69, 9.17) is 28.5 Å². The zero-order valence-electron chi connectivity index (χ0n) is 12.8. The number of hydrogen-bond donors (Lipinski definition) is 0. The predicted octanol–water partition coefficient (Wildman–Crippen LogP) is 6.24. The van der Waals surface area contributed by atoms with Crippen molar-refractivity contribution in [3.05, 3.63) is 45.2 Å². The topological polar surface area (TPSA) is 45.8 Å². The summed E-state index contributed by atoms with van der Waals surface area (Å²) in [5.41, 5.74) is -10.0.